The highest BCUT2D eigenvalue weighted by atomic mass is 16.4. The number of carbonyl (C=O) groups excluding carboxylic acids is 2. The molecule has 1 aromatic heterocycles. The van der Waals surface area contributed by atoms with Gasteiger partial charge in [-0.3, -0.25) is 9.36 Å². The zero-order chi connectivity index (χ0) is 19.7. The summed E-state index contributed by atoms with van der Waals surface area (Å²) in [5.74, 6) is -0.653. The zero-order valence-corrected chi connectivity index (χ0v) is 16.2. The highest BCUT2D eigenvalue weighted by Gasteiger charge is 2.31. The van der Waals surface area contributed by atoms with Crippen LogP contribution in [0.15, 0.2) is 33.5 Å². The molecule has 28 heavy (non-hydrogen) atoms. The predicted molar refractivity (Wildman–Crippen MR) is 104 cm³/mol. The molecule has 3 heterocycles. The van der Waals surface area contributed by atoms with E-state index in [4.69, 9.17) is 4.42 Å². The van der Waals surface area contributed by atoms with Gasteiger partial charge < -0.3 is 19.1 Å². The van der Waals surface area contributed by atoms with Crippen LogP contribution in [0.3, 0.4) is 0 Å². The summed E-state index contributed by atoms with van der Waals surface area (Å²) in [4.78, 5) is 43.3. The van der Waals surface area contributed by atoms with E-state index < -0.39 is 11.8 Å². The van der Waals surface area contributed by atoms with Crippen molar-refractivity contribution in [3.8, 4) is 0 Å². The average Bonchev–Trinajstić information content (AvgIpc) is 3.08. The molecule has 1 unspecified atom stereocenters. The number of fused-ring (bicyclic) bond motifs is 1. The van der Waals surface area contributed by atoms with Gasteiger partial charge in [-0.25, -0.2) is 9.59 Å². The van der Waals surface area contributed by atoms with Gasteiger partial charge in [-0.05, 0) is 38.3 Å². The molecule has 0 aliphatic carbocycles. The maximum absolute atomic E-state index is 13.0. The second-order valence-corrected chi connectivity index (χ2v) is 7.52. The number of piperazine rings is 1. The molecule has 0 N–H and O–H groups in total. The highest BCUT2D eigenvalue weighted by molar-refractivity contribution is 5.83. The smallest absolute Gasteiger partial charge is 0.408 e. The third-order valence-electron chi connectivity index (χ3n) is 5.75. The molecule has 8 nitrogen and oxygen atoms in total. The van der Waals surface area contributed by atoms with Crippen LogP contribution in [0.1, 0.15) is 32.2 Å². The van der Waals surface area contributed by atoms with Gasteiger partial charge in [0.25, 0.3) is 0 Å². The molecule has 4 rings (SSSR count). The third-order valence-corrected chi connectivity index (χ3v) is 5.75. The molecule has 1 aromatic carbocycles. The number of hydrogen-bond donors (Lipinski definition) is 0. The quantitative estimate of drug-likeness (QED) is 0.790. The van der Waals surface area contributed by atoms with Crippen molar-refractivity contribution in [3.63, 3.8) is 0 Å². The third kappa shape index (κ3) is 3.39. The molecule has 2 aliphatic heterocycles. The Morgan fingerprint density at radius 2 is 1.50 bits per heavy atom. The van der Waals surface area contributed by atoms with Crippen LogP contribution in [0, 0.1) is 0 Å². The van der Waals surface area contributed by atoms with E-state index >= 15 is 0 Å². The number of piperidine rings is 1. The van der Waals surface area contributed by atoms with Crippen molar-refractivity contribution < 1.29 is 14.0 Å². The van der Waals surface area contributed by atoms with Gasteiger partial charge in [0.2, 0.25) is 5.91 Å². The van der Waals surface area contributed by atoms with Gasteiger partial charge in [-0.15, -0.1) is 0 Å². The largest absolute Gasteiger partial charge is 0.420 e. The number of amides is 3. The van der Waals surface area contributed by atoms with Crippen molar-refractivity contribution in [2.24, 2.45) is 0 Å². The van der Waals surface area contributed by atoms with Crippen molar-refractivity contribution in [1.82, 2.24) is 19.3 Å². The Bertz CT molecular complexity index is 920. The van der Waals surface area contributed by atoms with Gasteiger partial charge in [0.15, 0.2) is 5.58 Å². The number of likely N-dealkylation sites (tertiary alicyclic amines) is 1. The van der Waals surface area contributed by atoms with Gasteiger partial charge in [0.1, 0.15) is 6.04 Å². The maximum atomic E-state index is 13.0. The van der Waals surface area contributed by atoms with Crippen LogP contribution in [0.4, 0.5) is 4.79 Å². The Hall–Kier alpha value is -2.77. The number of para-hydroxylation sites is 2. The van der Waals surface area contributed by atoms with E-state index in [0.717, 1.165) is 25.9 Å². The average molecular weight is 386 g/mol. The maximum Gasteiger partial charge on any atom is 0.420 e. The Labute approximate surface area is 163 Å². The lowest BCUT2D eigenvalue weighted by molar-refractivity contribution is -0.135. The molecule has 2 saturated heterocycles. The first-order valence-corrected chi connectivity index (χ1v) is 9.99. The van der Waals surface area contributed by atoms with Crippen LogP contribution in [0.2, 0.25) is 0 Å². The molecule has 2 fully saturated rings. The molecule has 0 saturated carbocycles. The molecule has 8 heteroatoms. The molecular weight excluding hydrogens is 360 g/mol. The summed E-state index contributed by atoms with van der Waals surface area (Å²) in [6, 6.07) is 6.53. The Morgan fingerprint density at radius 1 is 0.893 bits per heavy atom. The fraction of sp³-hybridized carbons (Fsp3) is 0.550. The lowest BCUT2D eigenvalue weighted by Gasteiger charge is -2.39. The van der Waals surface area contributed by atoms with Gasteiger partial charge in [-0.2, -0.15) is 0 Å². The number of rotatable bonds is 2. The van der Waals surface area contributed by atoms with Crippen molar-refractivity contribution in [3.05, 3.63) is 34.8 Å². The monoisotopic (exact) mass is 386 g/mol. The van der Waals surface area contributed by atoms with Crippen molar-refractivity contribution in [2.45, 2.75) is 32.2 Å². The molecule has 2 aromatic rings. The summed E-state index contributed by atoms with van der Waals surface area (Å²) in [5, 5.41) is 0. The number of aromatic nitrogens is 1. The lowest BCUT2D eigenvalue weighted by atomic mass is 10.1. The normalized spacial score (nSPS) is 19.1. The first-order valence-electron chi connectivity index (χ1n) is 9.99. The van der Waals surface area contributed by atoms with E-state index in [9.17, 15) is 14.4 Å². The van der Waals surface area contributed by atoms with E-state index in [2.05, 4.69) is 0 Å². The van der Waals surface area contributed by atoms with Crippen LogP contribution in [-0.2, 0) is 4.79 Å². The first kappa shape index (κ1) is 18.6. The highest BCUT2D eigenvalue weighted by Crippen LogP contribution is 2.19. The summed E-state index contributed by atoms with van der Waals surface area (Å²) in [6.45, 7) is 5.37. The SMILES string of the molecule is CC(C(=O)N1CCN(C(=O)N2CCCCC2)CC1)n1c(=O)oc2ccccc21. The van der Waals surface area contributed by atoms with E-state index in [1.807, 2.05) is 15.9 Å². The predicted octanol–water partition coefficient (Wildman–Crippen LogP) is 1.91. The molecule has 0 radical (unpaired) electrons. The van der Waals surface area contributed by atoms with E-state index in [0.29, 0.717) is 37.3 Å². The lowest BCUT2D eigenvalue weighted by Crippen LogP contribution is -2.55. The summed E-state index contributed by atoms with van der Waals surface area (Å²) in [7, 11) is 0. The van der Waals surface area contributed by atoms with Crippen molar-refractivity contribution >= 4 is 23.0 Å². The van der Waals surface area contributed by atoms with Crippen LogP contribution in [-0.4, -0.2) is 70.5 Å². The number of carbonyl (C=O) groups is 2. The zero-order valence-electron chi connectivity index (χ0n) is 16.2. The molecule has 0 spiro atoms. The van der Waals surface area contributed by atoms with Crippen molar-refractivity contribution in [1.29, 1.82) is 0 Å². The number of benzene rings is 1. The summed E-state index contributed by atoms with van der Waals surface area (Å²) >= 11 is 0. The second-order valence-electron chi connectivity index (χ2n) is 7.52. The molecule has 150 valence electrons. The molecule has 2 aliphatic rings. The van der Waals surface area contributed by atoms with Crippen molar-refractivity contribution in [2.75, 3.05) is 39.3 Å². The minimum absolute atomic E-state index is 0.0805. The minimum Gasteiger partial charge on any atom is -0.408 e. The number of urea groups is 1. The van der Waals surface area contributed by atoms with Crippen LogP contribution in [0.25, 0.3) is 11.1 Å². The Balaban J connectivity index is 1.41. The van der Waals surface area contributed by atoms with Crippen LogP contribution in [0.5, 0.6) is 0 Å². The second kappa shape index (κ2) is 7.69. The minimum atomic E-state index is -0.652. The number of nitrogens with zero attached hydrogens (tertiary/aromatic N) is 4. The van der Waals surface area contributed by atoms with Gasteiger partial charge in [0, 0.05) is 39.3 Å². The molecule has 1 atom stereocenters. The molecule has 3 amide bonds. The fourth-order valence-electron chi connectivity index (χ4n) is 4.13. The molecule has 0 bridgehead atoms. The van der Waals surface area contributed by atoms with Crippen LogP contribution < -0.4 is 5.76 Å². The van der Waals surface area contributed by atoms with Gasteiger partial charge in [0.05, 0.1) is 5.52 Å². The Kier molecular flexibility index (Phi) is 5.11. The summed E-state index contributed by atoms with van der Waals surface area (Å²) < 4.78 is 6.66. The molecular formula is C20H26N4O4. The van der Waals surface area contributed by atoms with Gasteiger partial charge in [-0.1, -0.05) is 12.1 Å². The first-order chi connectivity index (χ1) is 13.6. The fourth-order valence-corrected chi connectivity index (χ4v) is 4.13. The van der Waals surface area contributed by atoms with E-state index in [1.54, 1.807) is 30.0 Å². The van der Waals surface area contributed by atoms with Gasteiger partial charge >= 0.3 is 11.8 Å². The number of oxazole rings is 1. The number of hydrogen-bond acceptors (Lipinski definition) is 4. The van der Waals surface area contributed by atoms with E-state index in [-0.39, 0.29) is 11.9 Å². The summed E-state index contributed by atoms with van der Waals surface area (Å²) in [6.07, 6.45) is 3.32. The standard InChI is InChI=1S/C20H26N4O4/c1-15(24-16-7-3-4-8-17(16)28-20(24)27)18(25)21-11-13-23(14-12-21)19(26)22-9-5-2-6-10-22/h3-4,7-8,15H,2,5-6,9-14H2,1H3. The Morgan fingerprint density at radius 3 is 2.21 bits per heavy atom. The summed E-state index contributed by atoms with van der Waals surface area (Å²) in [5.41, 5.74) is 1.09. The van der Waals surface area contributed by atoms with Crippen LogP contribution >= 0.6 is 0 Å². The van der Waals surface area contributed by atoms with E-state index in [1.165, 1.54) is 11.0 Å². The topological polar surface area (TPSA) is 79.0 Å².